The molecule has 1 heterocycles. The van der Waals surface area contributed by atoms with Crippen LogP contribution in [0.4, 0.5) is 0 Å². The Morgan fingerprint density at radius 2 is 2.11 bits per heavy atom. The number of likely N-dealkylation sites (tertiary alicyclic amines) is 1. The van der Waals surface area contributed by atoms with Gasteiger partial charge in [0.25, 0.3) is 0 Å². The third kappa shape index (κ3) is 5.83. The molecule has 1 rings (SSSR count). The summed E-state index contributed by atoms with van der Waals surface area (Å²) in [6.07, 6.45) is 3.64. The average molecular weight is 256 g/mol. The normalized spacial score (nSPS) is 21.6. The van der Waals surface area contributed by atoms with Crippen molar-refractivity contribution in [3.63, 3.8) is 0 Å². The molecule has 0 aromatic rings. The van der Waals surface area contributed by atoms with Crippen molar-refractivity contribution >= 4 is 5.91 Å². The van der Waals surface area contributed by atoms with Gasteiger partial charge in [0.1, 0.15) is 0 Å². The summed E-state index contributed by atoms with van der Waals surface area (Å²) in [6, 6.07) is 0.106. The molecule has 18 heavy (non-hydrogen) atoms. The van der Waals surface area contributed by atoms with E-state index in [0.717, 1.165) is 39.0 Å². The Kier molecular flexibility index (Phi) is 6.65. The maximum Gasteiger partial charge on any atom is 0.222 e. The lowest BCUT2D eigenvalue weighted by molar-refractivity contribution is -0.130. The highest BCUT2D eigenvalue weighted by Crippen LogP contribution is 2.15. The van der Waals surface area contributed by atoms with Crippen LogP contribution >= 0.6 is 0 Å². The van der Waals surface area contributed by atoms with Crippen molar-refractivity contribution in [3.8, 4) is 0 Å². The number of carbonyl (C=O) groups is 1. The van der Waals surface area contributed by atoms with Crippen LogP contribution in [-0.2, 0) is 9.53 Å². The highest BCUT2D eigenvalue weighted by Gasteiger charge is 2.26. The first-order valence-electron chi connectivity index (χ1n) is 7.14. The van der Waals surface area contributed by atoms with Gasteiger partial charge in [0.2, 0.25) is 5.91 Å². The monoisotopic (exact) mass is 256 g/mol. The highest BCUT2D eigenvalue weighted by molar-refractivity contribution is 5.76. The van der Waals surface area contributed by atoms with E-state index >= 15 is 0 Å². The Morgan fingerprint density at radius 1 is 1.39 bits per heavy atom. The molecule has 1 fully saturated rings. The first-order valence-corrected chi connectivity index (χ1v) is 7.14. The molecule has 2 unspecified atom stereocenters. The van der Waals surface area contributed by atoms with E-state index in [1.807, 2.05) is 11.8 Å². The van der Waals surface area contributed by atoms with Gasteiger partial charge in [-0.3, -0.25) is 4.79 Å². The Bertz CT molecular complexity index is 254. The molecule has 106 valence electrons. The Labute approximate surface area is 111 Å². The molecule has 0 aromatic heterocycles. The second-order valence-corrected chi connectivity index (χ2v) is 5.82. The van der Waals surface area contributed by atoms with Gasteiger partial charge in [-0.1, -0.05) is 13.8 Å². The quantitative estimate of drug-likeness (QED) is 0.755. The molecule has 4 nitrogen and oxygen atoms in total. The SMILES string of the molecule is CC(C)CCOC1CCN(C(=O)CCC(C)N)C1. The summed E-state index contributed by atoms with van der Waals surface area (Å²) >= 11 is 0. The van der Waals surface area contributed by atoms with Crippen LogP contribution in [0, 0.1) is 5.92 Å². The maximum atomic E-state index is 11.9. The summed E-state index contributed by atoms with van der Waals surface area (Å²) in [6.45, 7) is 8.74. The van der Waals surface area contributed by atoms with Gasteiger partial charge in [-0.2, -0.15) is 0 Å². The van der Waals surface area contributed by atoms with Crippen LogP contribution in [0.5, 0.6) is 0 Å². The zero-order valence-corrected chi connectivity index (χ0v) is 12.0. The van der Waals surface area contributed by atoms with E-state index in [4.69, 9.17) is 10.5 Å². The molecule has 1 aliphatic rings. The van der Waals surface area contributed by atoms with E-state index < -0.39 is 0 Å². The lowest BCUT2D eigenvalue weighted by Crippen LogP contribution is -2.31. The van der Waals surface area contributed by atoms with Gasteiger partial charge >= 0.3 is 0 Å². The smallest absolute Gasteiger partial charge is 0.222 e. The predicted molar refractivity (Wildman–Crippen MR) is 73.3 cm³/mol. The fourth-order valence-corrected chi connectivity index (χ4v) is 2.07. The molecule has 0 saturated carbocycles. The number of nitrogens with two attached hydrogens (primary N) is 1. The standard InChI is InChI=1S/C14H28N2O2/c1-11(2)7-9-18-13-6-8-16(10-13)14(17)5-4-12(3)15/h11-13H,4-10,15H2,1-3H3. The lowest BCUT2D eigenvalue weighted by atomic mass is 10.1. The van der Waals surface area contributed by atoms with Crippen molar-refractivity contribution in [2.24, 2.45) is 11.7 Å². The predicted octanol–water partition coefficient (Wildman–Crippen LogP) is 1.78. The van der Waals surface area contributed by atoms with E-state index in [1.165, 1.54) is 0 Å². The Balaban J connectivity index is 2.17. The number of carbonyl (C=O) groups excluding carboxylic acids is 1. The summed E-state index contributed by atoms with van der Waals surface area (Å²) < 4.78 is 5.80. The molecule has 0 spiro atoms. The number of nitrogens with zero attached hydrogens (tertiary/aromatic N) is 1. The van der Waals surface area contributed by atoms with Crippen molar-refractivity contribution in [2.45, 2.75) is 58.6 Å². The summed E-state index contributed by atoms with van der Waals surface area (Å²) in [5.74, 6) is 0.900. The largest absolute Gasteiger partial charge is 0.376 e. The van der Waals surface area contributed by atoms with E-state index in [2.05, 4.69) is 13.8 Å². The van der Waals surface area contributed by atoms with Gasteiger partial charge in [-0.25, -0.2) is 0 Å². The van der Waals surface area contributed by atoms with Gasteiger partial charge in [0, 0.05) is 32.2 Å². The number of hydrogen-bond acceptors (Lipinski definition) is 3. The van der Waals surface area contributed by atoms with Crippen molar-refractivity contribution in [3.05, 3.63) is 0 Å². The molecule has 2 atom stereocenters. The Hall–Kier alpha value is -0.610. The summed E-state index contributed by atoms with van der Waals surface area (Å²) in [7, 11) is 0. The van der Waals surface area contributed by atoms with Crippen LogP contribution in [0.25, 0.3) is 0 Å². The van der Waals surface area contributed by atoms with Crippen molar-refractivity contribution in [1.29, 1.82) is 0 Å². The second kappa shape index (κ2) is 7.74. The molecule has 1 aliphatic heterocycles. The Morgan fingerprint density at radius 3 is 2.72 bits per heavy atom. The minimum Gasteiger partial charge on any atom is -0.376 e. The van der Waals surface area contributed by atoms with Gasteiger partial charge in [-0.15, -0.1) is 0 Å². The molecule has 0 aromatic carbocycles. The molecular weight excluding hydrogens is 228 g/mol. The molecule has 4 heteroatoms. The van der Waals surface area contributed by atoms with E-state index in [1.54, 1.807) is 0 Å². The average Bonchev–Trinajstić information content (AvgIpc) is 2.74. The highest BCUT2D eigenvalue weighted by atomic mass is 16.5. The molecule has 0 radical (unpaired) electrons. The van der Waals surface area contributed by atoms with Crippen LogP contribution in [0.15, 0.2) is 0 Å². The summed E-state index contributed by atoms with van der Waals surface area (Å²) in [4.78, 5) is 13.8. The molecule has 1 amide bonds. The second-order valence-electron chi connectivity index (χ2n) is 5.82. The third-order valence-corrected chi connectivity index (χ3v) is 3.36. The molecule has 0 aliphatic carbocycles. The topological polar surface area (TPSA) is 55.6 Å². The van der Waals surface area contributed by atoms with Gasteiger partial charge in [0.15, 0.2) is 0 Å². The van der Waals surface area contributed by atoms with Crippen LogP contribution in [-0.4, -0.2) is 42.6 Å². The minimum atomic E-state index is 0.106. The van der Waals surface area contributed by atoms with Gasteiger partial charge < -0.3 is 15.4 Å². The van der Waals surface area contributed by atoms with Gasteiger partial charge in [-0.05, 0) is 32.1 Å². The van der Waals surface area contributed by atoms with Crippen molar-refractivity contribution in [2.75, 3.05) is 19.7 Å². The van der Waals surface area contributed by atoms with E-state index in [-0.39, 0.29) is 18.1 Å². The minimum absolute atomic E-state index is 0.106. The van der Waals surface area contributed by atoms with Gasteiger partial charge in [0.05, 0.1) is 6.10 Å². The first kappa shape index (κ1) is 15.4. The third-order valence-electron chi connectivity index (χ3n) is 3.36. The molecular formula is C14H28N2O2. The van der Waals surface area contributed by atoms with Crippen LogP contribution in [0.2, 0.25) is 0 Å². The maximum absolute atomic E-state index is 11.9. The van der Waals surface area contributed by atoms with Crippen LogP contribution in [0.3, 0.4) is 0 Å². The molecule has 2 N–H and O–H groups in total. The number of amides is 1. The fourth-order valence-electron chi connectivity index (χ4n) is 2.07. The zero-order chi connectivity index (χ0) is 13.5. The molecule has 0 bridgehead atoms. The fraction of sp³-hybridized carbons (Fsp3) is 0.929. The number of ether oxygens (including phenoxy) is 1. The lowest BCUT2D eigenvalue weighted by Gasteiger charge is -2.17. The summed E-state index contributed by atoms with van der Waals surface area (Å²) in [5.41, 5.74) is 5.67. The number of rotatable bonds is 7. The van der Waals surface area contributed by atoms with E-state index in [0.29, 0.717) is 12.3 Å². The van der Waals surface area contributed by atoms with Crippen molar-refractivity contribution < 1.29 is 9.53 Å². The number of hydrogen-bond donors (Lipinski definition) is 1. The van der Waals surface area contributed by atoms with Crippen molar-refractivity contribution in [1.82, 2.24) is 4.90 Å². The van der Waals surface area contributed by atoms with E-state index in [9.17, 15) is 4.79 Å². The van der Waals surface area contributed by atoms with Crippen LogP contribution < -0.4 is 5.73 Å². The summed E-state index contributed by atoms with van der Waals surface area (Å²) in [5, 5.41) is 0. The van der Waals surface area contributed by atoms with Crippen LogP contribution in [0.1, 0.15) is 46.5 Å². The zero-order valence-electron chi connectivity index (χ0n) is 12.0. The molecule has 1 saturated heterocycles. The first-order chi connectivity index (χ1) is 8.49.